The molecular weight excluding hydrogens is 378 g/mol. The minimum Gasteiger partial charge on any atom is -0.309 e. The summed E-state index contributed by atoms with van der Waals surface area (Å²) in [5, 5.41) is 0. The standard InChI is InChI=1S/C16H28BrN3O2S/c1-18(2)11-7-13-20(14-8-12-19(3)4)23(21,22)16-10-6-5-9-15(16)17/h5-6,9-10H,7-8,11-14H2,1-4H3. The zero-order chi connectivity index (χ0) is 17.5. The van der Waals surface area contributed by atoms with E-state index in [1.54, 1.807) is 22.5 Å². The van der Waals surface area contributed by atoms with Gasteiger partial charge in [-0.25, -0.2) is 8.42 Å². The van der Waals surface area contributed by atoms with Crippen LogP contribution < -0.4 is 0 Å². The number of hydrogen-bond donors (Lipinski definition) is 0. The molecule has 0 aliphatic carbocycles. The molecule has 132 valence electrons. The van der Waals surface area contributed by atoms with Crippen LogP contribution in [0.25, 0.3) is 0 Å². The fourth-order valence-electron chi connectivity index (χ4n) is 2.27. The lowest BCUT2D eigenvalue weighted by Crippen LogP contribution is -2.35. The van der Waals surface area contributed by atoms with Crippen LogP contribution in [-0.2, 0) is 10.0 Å². The lowest BCUT2D eigenvalue weighted by atomic mass is 10.3. The van der Waals surface area contributed by atoms with Crippen molar-refractivity contribution in [2.75, 3.05) is 54.4 Å². The van der Waals surface area contributed by atoms with Gasteiger partial charge >= 0.3 is 0 Å². The molecule has 0 heterocycles. The molecule has 1 aromatic carbocycles. The highest BCUT2D eigenvalue weighted by molar-refractivity contribution is 9.10. The highest BCUT2D eigenvalue weighted by Gasteiger charge is 2.25. The minimum atomic E-state index is -3.48. The fourth-order valence-corrected chi connectivity index (χ4v) is 4.75. The summed E-state index contributed by atoms with van der Waals surface area (Å²) in [4.78, 5) is 4.49. The van der Waals surface area contributed by atoms with Crippen molar-refractivity contribution in [3.8, 4) is 0 Å². The second kappa shape index (κ2) is 9.74. The van der Waals surface area contributed by atoms with Gasteiger partial charge in [-0.3, -0.25) is 0 Å². The van der Waals surface area contributed by atoms with Gasteiger partial charge in [0.1, 0.15) is 0 Å². The van der Waals surface area contributed by atoms with E-state index >= 15 is 0 Å². The van der Waals surface area contributed by atoms with E-state index < -0.39 is 10.0 Å². The summed E-state index contributed by atoms with van der Waals surface area (Å²) in [6.07, 6.45) is 1.64. The maximum absolute atomic E-state index is 13.0. The van der Waals surface area contributed by atoms with Crippen molar-refractivity contribution in [2.45, 2.75) is 17.7 Å². The van der Waals surface area contributed by atoms with Gasteiger partial charge in [-0.2, -0.15) is 4.31 Å². The summed E-state index contributed by atoms with van der Waals surface area (Å²) in [6.45, 7) is 2.82. The lowest BCUT2D eigenvalue weighted by Gasteiger charge is -2.24. The topological polar surface area (TPSA) is 43.9 Å². The number of rotatable bonds is 10. The van der Waals surface area contributed by atoms with Gasteiger partial charge < -0.3 is 9.80 Å². The van der Waals surface area contributed by atoms with Gasteiger partial charge in [-0.15, -0.1) is 0 Å². The predicted molar refractivity (Wildman–Crippen MR) is 99.2 cm³/mol. The molecule has 0 amide bonds. The fraction of sp³-hybridized carbons (Fsp3) is 0.625. The van der Waals surface area contributed by atoms with Gasteiger partial charge in [0.25, 0.3) is 0 Å². The van der Waals surface area contributed by atoms with Gasteiger partial charge in [0.2, 0.25) is 10.0 Å². The van der Waals surface area contributed by atoms with Crippen LogP contribution in [0.15, 0.2) is 33.6 Å². The molecule has 1 rings (SSSR count). The Hall–Kier alpha value is -0.470. The second-order valence-corrected chi connectivity index (χ2v) is 8.91. The highest BCUT2D eigenvalue weighted by Crippen LogP contribution is 2.25. The summed E-state index contributed by atoms with van der Waals surface area (Å²) < 4.78 is 28.2. The summed E-state index contributed by atoms with van der Waals surface area (Å²) in [6, 6.07) is 7.01. The van der Waals surface area contributed by atoms with Crippen molar-refractivity contribution >= 4 is 26.0 Å². The van der Waals surface area contributed by atoms with Crippen molar-refractivity contribution in [3.63, 3.8) is 0 Å². The molecule has 0 bridgehead atoms. The Morgan fingerprint density at radius 2 is 1.35 bits per heavy atom. The monoisotopic (exact) mass is 405 g/mol. The third kappa shape index (κ3) is 6.89. The van der Waals surface area contributed by atoms with Crippen LogP contribution in [-0.4, -0.2) is 76.9 Å². The molecule has 0 aliphatic heterocycles. The van der Waals surface area contributed by atoms with Crippen LogP contribution in [0.2, 0.25) is 0 Å². The largest absolute Gasteiger partial charge is 0.309 e. The van der Waals surface area contributed by atoms with E-state index in [1.165, 1.54) is 0 Å². The summed E-state index contributed by atoms with van der Waals surface area (Å²) in [7, 11) is 4.52. The first-order valence-corrected chi connectivity index (χ1v) is 10.0. The third-order valence-corrected chi connectivity index (χ3v) is 6.39. The molecule has 0 saturated carbocycles. The van der Waals surface area contributed by atoms with Gasteiger partial charge in [-0.1, -0.05) is 12.1 Å². The Bertz CT molecular complexity index is 562. The quantitative estimate of drug-likeness (QED) is 0.599. The third-order valence-electron chi connectivity index (χ3n) is 3.48. The van der Waals surface area contributed by atoms with Crippen molar-refractivity contribution in [3.05, 3.63) is 28.7 Å². The van der Waals surface area contributed by atoms with E-state index in [0.29, 0.717) is 22.5 Å². The van der Waals surface area contributed by atoms with Crippen LogP contribution >= 0.6 is 15.9 Å². The van der Waals surface area contributed by atoms with Crippen molar-refractivity contribution < 1.29 is 8.42 Å². The first-order valence-electron chi connectivity index (χ1n) is 7.79. The van der Waals surface area contributed by atoms with Crippen LogP contribution in [0.5, 0.6) is 0 Å². The maximum atomic E-state index is 13.0. The Morgan fingerprint density at radius 1 is 0.870 bits per heavy atom. The number of nitrogens with zero attached hydrogens (tertiary/aromatic N) is 3. The predicted octanol–water partition coefficient (Wildman–Crippen LogP) is 2.34. The number of halogens is 1. The molecule has 0 fully saturated rings. The van der Waals surface area contributed by atoms with Gasteiger partial charge in [-0.05, 0) is 82.2 Å². The normalized spacial score (nSPS) is 12.5. The van der Waals surface area contributed by atoms with Crippen molar-refractivity contribution in [1.82, 2.24) is 14.1 Å². The van der Waals surface area contributed by atoms with E-state index in [4.69, 9.17) is 0 Å². The SMILES string of the molecule is CN(C)CCCN(CCCN(C)C)S(=O)(=O)c1ccccc1Br. The maximum Gasteiger partial charge on any atom is 0.244 e. The van der Waals surface area contributed by atoms with Crippen LogP contribution in [0.3, 0.4) is 0 Å². The molecule has 1 aromatic rings. The molecule has 0 N–H and O–H groups in total. The summed E-state index contributed by atoms with van der Waals surface area (Å²) >= 11 is 3.36. The van der Waals surface area contributed by atoms with Gasteiger partial charge in [0.15, 0.2) is 0 Å². The average molecular weight is 406 g/mol. The summed E-state index contributed by atoms with van der Waals surface area (Å²) in [5.41, 5.74) is 0. The Morgan fingerprint density at radius 3 is 1.78 bits per heavy atom. The van der Waals surface area contributed by atoms with Crippen LogP contribution in [0, 0.1) is 0 Å². The molecule has 0 spiro atoms. The molecule has 0 aromatic heterocycles. The lowest BCUT2D eigenvalue weighted by molar-refractivity contribution is 0.326. The number of sulfonamides is 1. The molecule has 0 aliphatic rings. The molecular formula is C16H28BrN3O2S. The Labute approximate surface area is 149 Å². The minimum absolute atomic E-state index is 0.342. The zero-order valence-electron chi connectivity index (χ0n) is 14.5. The first-order chi connectivity index (χ1) is 10.7. The van der Waals surface area contributed by atoms with Gasteiger partial charge in [0, 0.05) is 17.6 Å². The van der Waals surface area contributed by atoms with E-state index in [0.717, 1.165) is 25.9 Å². The van der Waals surface area contributed by atoms with Crippen LogP contribution in [0.4, 0.5) is 0 Å². The van der Waals surface area contributed by atoms with Crippen LogP contribution in [0.1, 0.15) is 12.8 Å². The molecule has 0 atom stereocenters. The van der Waals surface area contributed by atoms with E-state index in [2.05, 4.69) is 25.7 Å². The molecule has 7 heteroatoms. The average Bonchev–Trinajstić information content (AvgIpc) is 2.45. The smallest absolute Gasteiger partial charge is 0.244 e. The van der Waals surface area contributed by atoms with E-state index in [1.807, 2.05) is 34.3 Å². The molecule has 5 nitrogen and oxygen atoms in total. The zero-order valence-corrected chi connectivity index (χ0v) is 16.9. The van der Waals surface area contributed by atoms with E-state index in [-0.39, 0.29) is 0 Å². The Balaban J connectivity index is 2.89. The number of benzene rings is 1. The van der Waals surface area contributed by atoms with Gasteiger partial charge in [0.05, 0.1) is 4.90 Å². The number of hydrogen-bond acceptors (Lipinski definition) is 4. The van der Waals surface area contributed by atoms with Crippen molar-refractivity contribution in [2.24, 2.45) is 0 Å². The molecule has 0 saturated heterocycles. The highest BCUT2D eigenvalue weighted by atomic mass is 79.9. The van der Waals surface area contributed by atoms with E-state index in [9.17, 15) is 8.42 Å². The summed E-state index contributed by atoms with van der Waals surface area (Å²) in [5.74, 6) is 0. The molecule has 23 heavy (non-hydrogen) atoms. The second-order valence-electron chi connectivity index (χ2n) is 6.15. The molecule has 0 unspecified atom stereocenters. The Kier molecular flexibility index (Phi) is 8.71. The van der Waals surface area contributed by atoms with Crippen molar-refractivity contribution in [1.29, 1.82) is 0 Å². The first kappa shape index (κ1) is 20.6. The molecule has 0 radical (unpaired) electrons.